The van der Waals surface area contributed by atoms with E-state index in [-0.39, 0.29) is 12.3 Å². The monoisotopic (exact) mass is 371 g/mol. The first-order chi connectivity index (χ1) is 12.4. The van der Waals surface area contributed by atoms with Crippen LogP contribution < -0.4 is 4.72 Å². The van der Waals surface area contributed by atoms with Gasteiger partial charge in [-0.3, -0.25) is 0 Å². The molecule has 0 atom stereocenters. The molecule has 136 valence electrons. The zero-order chi connectivity index (χ0) is 18.6. The van der Waals surface area contributed by atoms with Crippen molar-refractivity contribution in [3.05, 3.63) is 71.1 Å². The van der Waals surface area contributed by atoms with Crippen LogP contribution in [0.5, 0.6) is 0 Å². The van der Waals surface area contributed by atoms with Crippen molar-refractivity contribution in [2.45, 2.75) is 26.0 Å². The van der Waals surface area contributed by atoms with Gasteiger partial charge in [0, 0.05) is 18.5 Å². The van der Waals surface area contributed by atoms with Crippen LogP contribution in [0.1, 0.15) is 22.6 Å². The van der Waals surface area contributed by atoms with Gasteiger partial charge in [0.25, 0.3) is 0 Å². The molecule has 0 unspecified atom stereocenters. The maximum atomic E-state index is 12.2. The summed E-state index contributed by atoms with van der Waals surface area (Å²) in [5, 5.41) is 3.98. The Bertz CT molecular complexity index is 997. The van der Waals surface area contributed by atoms with Crippen molar-refractivity contribution in [3.63, 3.8) is 0 Å². The molecule has 0 amide bonds. The van der Waals surface area contributed by atoms with Crippen molar-refractivity contribution < 1.29 is 12.9 Å². The van der Waals surface area contributed by atoms with Crippen LogP contribution in [-0.2, 0) is 22.2 Å². The van der Waals surface area contributed by atoms with Crippen molar-refractivity contribution in [3.8, 4) is 11.4 Å². The molecule has 0 saturated heterocycles. The second kappa shape index (κ2) is 7.80. The van der Waals surface area contributed by atoms with Crippen LogP contribution in [-0.4, -0.2) is 25.1 Å². The summed E-state index contributed by atoms with van der Waals surface area (Å²) >= 11 is 0. The molecule has 0 bridgehead atoms. The van der Waals surface area contributed by atoms with Crippen LogP contribution in [0.4, 0.5) is 0 Å². The Hall–Kier alpha value is -2.51. The summed E-state index contributed by atoms with van der Waals surface area (Å²) in [7, 11) is -3.42. The number of nitrogens with zero attached hydrogens (tertiary/aromatic N) is 2. The highest BCUT2D eigenvalue weighted by molar-refractivity contribution is 7.88. The maximum Gasteiger partial charge on any atom is 0.228 e. The summed E-state index contributed by atoms with van der Waals surface area (Å²) in [5.74, 6) is 0.875. The number of rotatable bonds is 7. The lowest BCUT2D eigenvalue weighted by molar-refractivity contribution is 0.379. The third kappa shape index (κ3) is 4.56. The number of benzene rings is 2. The van der Waals surface area contributed by atoms with E-state index in [1.165, 1.54) is 0 Å². The fourth-order valence-corrected chi connectivity index (χ4v) is 3.88. The van der Waals surface area contributed by atoms with E-state index in [0.29, 0.717) is 18.1 Å². The highest BCUT2D eigenvalue weighted by Gasteiger charge is 2.14. The summed E-state index contributed by atoms with van der Waals surface area (Å²) in [6.07, 6.45) is 0.339. The van der Waals surface area contributed by atoms with Gasteiger partial charge < -0.3 is 4.52 Å². The average molecular weight is 371 g/mol. The molecule has 0 aliphatic carbocycles. The zero-order valence-electron chi connectivity index (χ0n) is 14.8. The molecular weight excluding hydrogens is 350 g/mol. The standard InChI is InChI=1S/C19H21N3O3S/c1-14-7-3-5-9-16(14)13-26(23,24)20-12-11-18-21-19(22-25-18)17-10-6-4-8-15(17)2/h3-10,20H,11-13H2,1-2H3. The van der Waals surface area contributed by atoms with Gasteiger partial charge in [-0.2, -0.15) is 4.98 Å². The molecule has 0 spiro atoms. The fourth-order valence-electron chi connectivity index (χ4n) is 2.63. The Morgan fingerprint density at radius 3 is 2.42 bits per heavy atom. The molecule has 26 heavy (non-hydrogen) atoms. The Balaban J connectivity index is 1.58. The second-order valence-electron chi connectivity index (χ2n) is 6.16. The number of sulfonamides is 1. The molecule has 7 heteroatoms. The first-order valence-corrected chi connectivity index (χ1v) is 10.0. The molecule has 0 aliphatic rings. The molecular formula is C19H21N3O3S. The summed E-state index contributed by atoms with van der Waals surface area (Å²) in [5.41, 5.74) is 3.71. The molecule has 3 aromatic rings. The largest absolute Gasteiger partial charge is 0.339 e. The van der Waals surface area contributed by atoms with E-state index in [9.17, 15) is 8.42 Å². The minimum Gasteiger partial charge on any atom is -0.339 e. The zero-order valence-corrected chi connectivity index (χ0v) is 15.6. The quantitative estimate of drug-likeness (QED) is 0.690. The number of aromatic nitrogens is 2. The number of hydrogen-bond acceptors (Lipinski definition) is 5. The molecule has 1 aromatic heterocycles. The first kappa shape index (κ1) is 18.3. The summed E-state index contributed by atoms with van der Waals surface area (Å²) in [6.45, 7) is 4.09. The van der Waals surface area contributed by atoms with Crippen molar-refractivity contribution >= 4 is 10.0 Å². The minimum absolute atomic E-state index is 0.0437. The number of nitrogens with one attached hydrogen (secondary N) is 1. The molecule has 1 heterocycles. The smallest absolute Gasteiger partial charge is 0.228 e. The van der Waals surface area contributed by atoms with Gasteiger partial charge in [0.1, 0.15) is 0 Å². The van der Waals surface area contributed by atoms with E-state index in [4.69, 9.17) is 4.52 Å². The first-order valence-electron chi connectivity index (χ1n) is 8.35. The van der Waals surface area contributed by atoms with Crippen LogP contribution in [0.25, 0.3) is 11.4 Å². The second-order valence-corrected chi connectivity index (χ2v) is 7.96. The van der Waals surface area contributed by atoms with E-state index < -0.39 is 10.0 Å². The van der Waals surface area contributed by atoms with Gasteiger partial charge in [0.05, 0.1) is 5.75 Å². The lowest BCUT2D eigenvalue weighted by Crippen LogP contribution is -2.27. The molecule has 0 aliphatic heterocycles. The molecule has 0 fully saturated rings. The SMILES string of the molecule is Cc1ccccc1CS(=O)(=O)NCCc1nc(-c2ccccc2C)no1. The van der Waals surface area contributed by atoms with Gasteiger partial charge in [0.2, 0.25) is 21.7 Å². The fraction of sp³-hybridized carbons (Fsp3) is 0.263. The van der Waals surface area contributed by atoms with E-state index in [1.54, 1.807) is 0 Å². The van der Waals surface area contributed by atoms with Crippen LogP contribution in [0.15, 0.2) is 53.1 Å². The third-order valence-electron chi connectivity index (χ3n) is 4.12. The molecule has 2 aromatic carbocycles. The predicted molar refractivity (Wildman–Crippen MR) is 100.0 cm³/mol. The maximum absolute atomic E-state index is 12.2. The Kier molecular flexibility index (Phi) is 5.49. The molecule has 0 saturated carbocycles. The molecule has 0 radical (unpaired) electrons. The van der Waals surface area contributed by atoms with Crippen molar-refractivity contribution in [1.29, 1.82) is 0 Å². The van der Waals surface area contributed by atoms with E-state index in [0.717, 1.165) is 22.3 Å². The minimum atomic E-state index is -3.42. The van der Waals surface area contributed by atoms with Crippen LogP contribution >= 0.6 is 0 Å². The Morgan fingerprint density at radius 1 is 1.00 bits per heavy atom. The van der Waals surface area contributed by atoms with Crippen molar-refractivity contribution in [2.75, 3.05) is 6.54 Å². The van der Waals surface area contributed by atoms with Crippen LogP contribution in [0.3, 0.4) is 0 Å². The summed E-state index contributed by atoms with van der Waals surface area (Å²) in [6, 6.07) is 15.2. The Labute approximate surface area is 153 Å². The van der Waals surface area contributed by atoms with Crippen LogP contribution in [0, 0.1) is 13.8 Å². The molecule has 1 N–H and O–H groups in total. The van der Waals surface area contributed by atoms with E-state index in [1.807, 2.05) is 62.4 Å². The number of aryl methyl sites for hydroxylation is 2. The lowest BCUT2D eigenvalue weighted by Gasteiger charge is -2.07. The average Bonchev–Trinajstić information content (AvgIpc) is 3.06. The molecule has 6 nitrogen and oxygen atoms in total. The Morgan fingerprint density at radius 2 is 1.69 bits per heavy atom. The highest BCUT2D eigenvalue weighted by Crippen LogP contribution is 2.19. The summed E-state index contributed by atoms with van der Waals surface area (Å²) in [4.78, 5) is 4.35. The van der Waals surface area contributed by atoms with Crippen molar-refractivity contribution in [2.24, 2.45) is 0 Å². The van der Waals surface area contributed by atoms with Gasteiger partial charge in [0.15, 0.2) is 0 Å². The summed E-state index contributed by atoms with van der Waals surface area (Å²) < 4.78 is 32.3. The van der Waals surface area contributed by atoms with Gasteiger partial charge in [-0.05, 0) is 30.5 Å². The van der Waals surface area contributed by atoms with Gasteiger partial charge in [-0.1, -0.05) is 53.7 Å². The topological polar surface area (TPSA) is 85.1 Å². The van der Waals surface area contributed by atoms with Gasteiger partial charge in [-0.25, -0.2) is 13.1 Å². The number of hydrogen-bond donors (Lipinski definition) is 1. The van der Waals surface area contributed by atoms with Gasteiger partial charge in [-0.15, -0.1) is 0 Å². The van der Waals surface area contributed by atoms with E-state index in [2.05, 4.69) is 14.9 Å². The predicted octanol–water partition coefficient (Wildman–Crippen LogP) is 3.02. The van der Waals surface area contributed by atoms with Crippen molar-refractivity contribution in [1.82, 2.24) is 14.9 Å². The normalized spacial score (nSPS) is 11.6. The molecule has 3 rings (SSSR count). The lowest BCUT2D eigenvalue weighted by atomic mass is 10.1. The van der Waals surface area contributed by atoms with Gasteiger partial charge >= 0.3 is 0 Å². The van der Waals surface area contributed by atoms with E-state index >= 15 is 0 Å². The highest BCUT2D eigenvalue weighted by atomic mass is 32.2. The van der Waals surface area contributed by atoms with Crippen LogP contribution in [0.2, 0.25) is 0 Å². The third-order valence-corrected chi connectivity index (χ3v) is 5.46.